The molecule has 0 heterocycles. The van der Waals surface area contributed by atoms with Crippen molar-refractivity contribution in [3.63, 3.8) is 0 Å². The molecule has 3 unspecified atom stereocenters. The summed E-state index contributed by atoms with van der Waals surface area (Å²) < 4.78 is 0. The standard InChI is InChI=1S/C16H23NOS/c1-2-19-16-8-4-6-14(16)17-13-10-9-12-11(13)5-3-7-15(12)18/h3,5,7,13-14,16-18H,2,4,6,8-10H2,1H3. The molecule has 1 aromatic carbocycles. The first-order valence-electron chi connectivity index (χ1n) is 7.48. The van der Waals surface area contributed by atoms with Crippen molar-refractivity contribution in [2.75, 3.05) is 5.75 Å². The lowest BCUT2D eigenvalue weighted by Crippen LogP contribution is -2.36. The average molecular weight is 277 g/mol. The van der Waals surface area contributed by atoms with Crippen molar-refractivity contribution in [2.45, 2.75) is 56.4 Å². The van der Waals surface area contributed by atoms with Gasteiger partial charge in [0.2, 0.25) is 0 Å². The number of rotatable bonds is 4. The van der Waals surface area contributed by atoms with Crippen LogP contribution in [0.5, 0.6) is 5.75 Å². The van der Waals surface area contributed by atoms with E-state index in [0.29, 0.717) is 17.8 Å². The maximum absolute atomic E-state index is 9.91. The van der Waals surface area contributed by atoms with Crippen LogP contribution in [0.25, 0.3) is 0 Å². The fraction of sp³-hybridized carbons (Fsp3) is 0.625. The van der Waals surface area contributed by atoms with E-state index in [1.807, 2.05) is 12.1 Å². The Hall–Kier alpha value is -0.670. The van der Waals surface area contributed by atoms with Gasteiger partial charge in [0.15, 0.2) is 0 Å². The van der Waals surface area contributed by atoms with Gasteiger partial charge in [-0.2, -0.15) is 11.8 Å². The van der Waals surface area contributed by atoms with Crippen LogP contribution in [-0.4, -0.2) is 22.2 Å². The molecule has 0 radical (unpaired) electrons. The van der Waals surface area contributed by atoms with Gasteiger partial charge in [-0.25, -0.2) is 0 Å². The van der Waals surface area contributed by atoms with Gasteiger partial charge in [-0.1, -0.05) is 25.5 Å². The molecule has 0 amide bonds. The zero-order chi connectivity index (χ0) is 13.2. The third kappa shape index (κ3) is 2.63. The molecule has 0 bridgehead atoms. The minimum Gasteiger partial charge on any atom is -0.508 e. The molecule has 0 aliphatic heterocycles. The SMILES string of the molecule is CCSC1CCCC1NC1CCc2c(O)cccc21. The molecule has 0 aromatic heterocycles. The molecule has 1 fully saturated rings. The van der Waals surface area contributed by atoms with Crippen molar-refractivity contribution in [1.29, 1.82) is 0 Å². The first kappa shape index (κ1) is 13.3. The summed E-state index contributed by atoms with van der Waals surface area (Å²) in [4.78, 5) is 0. The second-order valence-corrected chi connectivity index (χ2v) is 7.15. The number of thioether (sulfide) groups is 1. The van der Waals surface area contributed by atoms with Gasteiger partial charge in [0, 0.05) is 17.3 Å². The Morgan fingerprint density at radius 1 is 1.32 bits per heavy atom. The third-order valence-corrected chi connectivity index (χ3v) is 5.82. The summed E-state index contributed by atoms with van der Waals surface area (Å²) in [5.74, 6) is 1.69. The molecule has 2 aliphatic rings. The molecular weight excluding hydrogens is 254 g/mol. The summed E-state index contributed by atoms with van der Waals surface area (Å²) in [6.07, 6.45) is 6.16. The molecule has 2 nitrogen and oxygen atoms in total. The zero-order valence-corrected chi connectivity index (χ0v) is 12.4. The molecule has 19 heavy (non-hydrogen) atoms. The van der Waals surface area contributed by atoms with Crippen LogP contribution >= 0.6 is 11.8 Å². The second kappa shape index (κ2) is 5.76. The number of hydrogen-bond acceptors (Lipinski definition) is 3. The van der Waals surface area contributed by atoms with Gasteiger partial charge < -0.3 is 10.4 Å². The lowest BCUT2D eigenvalue weighted by Gasteiger charge is -2.25. The van der Waals surface area contributed by atoms with Gasteiger partial charge in [0.1, 0.15) is 5.75 Å². The molecule has 2 N–H and O–H groups in total. The summed E-state index contributed by atoms with van der Waals surface area (Å²) in [5.41, 5.74) is 2.49. The Balaban J connectivity index is 1.71. The summed E-state index contributed by atoms with van der Waals surface area (Å²) in [6.45, 7) is 2.25. The Bertz CT molecular complexity index is 448. The quantitative estimate of drug-likeness (QED) is 0.881. The van der Waals surface area contributed by atoms with E-state index >= 15 is 0 Å². The third-order valence-electron chi connectivity index (χ3n) is 4.49. The maximum Gasteiger partial charge on any atom is 0.119 e. The highest BCUT2D eigenvalue weighted by atomic mass is 32.2. The number of fused-ring (bicyclic) bond motifs is 1. The number of hydrogen-bond donors (Lipinski definition) is 2. The summed E-state index contributed by atoms with van der Waals surface area (Å²) in [6, 6.07) is 7.07. The molecule has 0 spiro atoms. The summed E-state index contributed by atoms with van der Waals surface area (Å²) >= 11 is 2.10. The van der Waals surface area contributed by atoms with E-state index in [2.05, 4.69) is 30.1 Å². The second-order valence-electron chi connectivity index (χ2n) is 5.63. The summed E-state index contributed by atoms with van der Waals surface area (Å²) in [5, 5.41) is 14.6. The number of nitrogens with one attached hydrogen (secondary N) is 1. The Morgan fingerprint density at radius 3 is 3.05 bits per heavy atom. The van der Waals surface area contributed by atoms with Crippen molar-refractivity contribution in [3.8, 4) is 5.75 Å². The zero-order valence-electron chi connectivity index (χ0n) is 11.6. The monoisotopic (exact) mass is 277 g/mol. The van der Waals surface area contributed by atoms with Crippen molar-refractivity contribution >= 4 is 11.8 Å². The van der Waals surface area contributed by atoms with Crippen molar-refractivity contribution in [1.82, 2.24) is 5.32 Å². The molecule has 1 saturated carbocycles. The van der Waals surface area contributed by atoms with Gasteiger partial charge in [-0.05, 0) is 48.6 Å². The Kier molecular flexibility index (Phi) is 4.04. The molecule has 3 rings (SSSR count). The maximum atomic E-state index is 9.91. The normalized spacial score (nSPS) is 29.6. The molecule has 3 atom stereocenters. The van der Waals surface area contributed by atoms with Crippen LogP contribution in [0.4, 0.5) is 0 Å². The smallest absolute Gasteiger partial charge is 0.119 e. The van der Waals surface area contributed by atoms with Crippen LogP contribution in [0.15, 0.2) is 18.2 Å². The van der Waals surface area contributed by atoms with Crippen LogP contribution in [-0.2, 0) is 6.42 Å². The summed E-state index contributed by atoms with van der Waals surface area (Å²) in [7, 11) is 0. The van der Waals surface area contributed by atoms with Gasteiger partial charge in [0.05, 0.1) is 0 Å². The van der Waals surface area contributed by atoms with Gasteiger partial charge in [-0.15, -0.1) is 0 Å². The molecule has 2 aliphatic carbocycles. The first-order chi connectivity index (χ1) is 9.29. The number of phenols is 1. The van der Waals surface area contributed by atoms with Crippen LogP contribution in [0.2, 0.25) is 0 Å². The predicted octanol–water partition coefficient (Wildman–Crippen LogP) is 3.64. The predicted molar refractivity (Wildman–Crippen MR) is 81.9 cm³/mol. The van der Waals surface area contributed by atoms with Crippen LogP contribution < -0.4 is 5.32 Å². The van der Waals surface area contributed by atoms with Crippen molar-refractivity contribution in [2.24, 2.45) is 0 Å². The minimum absolute atomic E-state index is 0.449. The van der Waals surface area contributed by atoms with Gasteiger partial charge in [-0.3, -0.25) is 0 Å². The van der Waals surface area contributed by atoms with Gasteiger partial charge in [0.25, 0.3) is 0 Å². The Labute approximate surface area is 120 Å². The topological polar surface area (TPSA) is 32.3 Å². The average Bonchev–Trinajstić information content (AvgIpc) is 3.00. The highest BCUT2D eigenvalue weighted by Gasteiger charge is 2.32. The van der Waals surface area contributed by atoms with E-state index in [1.54, 1.807) is 0 Å². The van der Waals surface area contributed by atoms with E-state index in [9.17, 15) is 5.11 Å². The minimum atomic E-state index is 0.449. The number of phenolic OH excluding ortho intramolecular Hbond substituents is 1. The molecule has 3 heteroatoms. The van der Waals surface area contributed by atoms with Crippen molar-refractivity contribution in [3.05, 3.63) is 29.3 Å². The van der Waals surface area contributed by atoms with E-state index < -0.39 is 0 Å². The van der Waals surface area contributed by atoms with E-state index in [1.165, 1.54) is 30.6 Å². The molecule has 104 valence electrons. The van der Waals surface area contributed by atoms with Gasteiger partial charge >= 0.3 is 0 Å². The highest BCUT2D eigenvalue weighted by molar-refractivity contribution is 7.99. The van der Waals surface area contributed by atoms with Crippen LogP contribution in [0, 0.1) is 0 Å². The largest absolute Gasteiger partial charge is 0.508 e. The molecule has 1 aromatic rings. The number of aromatic hydroxyl groups is 1. The van der Waals surface area contributed by atoms with E-state index in [0.717, 1.165) is 23.7 Å². The van der Waals surface area contributed by atoms with E-state index in [-0.39, 0.29) is 0 Å². The molecule has 0 saturated heterocycles. The fourth-order valence-electron chi connectivity index (χ4n) is 3.60. The first-order valence-corrected chi connectivity index (χ1v) is 8.53. The number of benzene rings is 1. The lowest BCUT2D eigenvalue weighted by molar-refractivity contribution is 0.443. The highest BCUT2D eigenvalue weighted by Crippen LogP contribution is 2.38. The van der Waals surface area contributed by atoms with Crippen LogP contribution in [0.3, 0.4) is 0 Å². The molecular formula is C16H23NOS. The van der Waals surface area contributed by atoms with Crippen LogP contribution in [0.1, 0.15) is 49.8 Å². The fourth-order valence-corrected chi connectivity index (χ4v) is 4.81. The Morgan fingerprint density at radius 2 is 2.21 bits per heavy atom. The lowest BCUT2D eigenvalue weighted by atomic mass is 10.1. The van der Waals surface area contributed by atoms with Crippen molar-refractivity contribution < 1.29 is 5.11 Å². The van der Waals surface area contributed by atoms with E-state index in [4.69, 9.17) is 0 Å².